The second-order valence-corrected chi connectivity index (χ2v) is 2.52. The number of anilines is 1. The van der Waals surface area contributed by atoms with Crippen molar-refractivity contribution in [1.29, 1.82) is 0 Å². The molecule has 0 aliphatic heterocycles. The maximum absolute atomic E-state index is 12.2. The minimum Gasteiger partial charge on any atom is -0.481 e. The molecule has 5 nitrogen and oxygen atoms in total. The van der Waals surface area contributed by atoms with Crippen LogP contribution in [0.5, 0.6) is 11.8 Å². The lowest BCUT2D eigenvalue weighted by Crippen LogP contribution is -2.06. The molecule has 0 bridgehead atoms. The number of nitrogens with zero attached hydrogens (tertiary/aromatic N) is 2. The van der Waals surface area contributed by atoms with Gasteiger partial charge < -0.3 is 15.2 Å². The van der Waals surface area contributed by atoms with E-state index >= 15 is 0 Å². The van der Waals surface area contributed by atoms with E-state index < -0.39 is 6.67 Å². The number of nitrogens with two attached hydrogens (primary N) is 1. The predicted octanol–water partition coefficient (Wildman–Crippen LogP) is 0.588. The second-order valence-electron chi connectivity index (χ2n) is 2.52. The summed E-state index contributed by atoms with van der Waals surface area (Å²) in [4.78, 5) is 7.63. The lowest BCUT2D eigenvalue weighted by molar-refractivity contribution is 0.358. The van der Waals surface area contributed by atoms with Crippen LogP contribution in [-0.4, -0.2) is 30.9 Å². The molecule has 2 N–H and O–H groups in total. The Balaban J connectivity index is 3.18. The van der Waals surface area contributed by atoms with E-state index in [2.05, 4.69) is 9.97 Å². The quantitative estimate of drug-likeness (QED) is 0.771. The Morgan fingerprint density at radius 1 is 1.21 bits per heavy atom. The van der Waals surface area contributed by atoms with Crippen LogP contribution in [0.1, 0.15) is 5.56 Å². The van der Waals surface area contributed by atoms with Crippen molar-refractivity contribution < 1.29 is 13.9 Å². The van der Waals surface area contributed by atoms with Crippen LogP contribution in [0.2, 0.25) is 0 Å². The van der Waals surface area contributed by atoms with Crippen molar-refractivity contribution in [2.24, 2.45) is 0 Å². The zero-order valence-corrected chi connectivity index (χ0v) is 8.08. The average Bonchev–Trinajstić information content (AvgIpc) is 2.20. The zero-order valence-electron chi connectivity index (χ0n) is 8.08. The van der Waals surface area contributed by atoms with Gasteiger partial charge in [0, 0.05) is 6.42 Å². The Labute approximate surface area is 81.1 Å². The smallest absolute Gasteiger partial charge is 0.226 e. The number of hydrogen-bond donors (Lipinski definition) is 1. The highest BCUT2D eigenvalue weighted by atomic mass is 19.1. The topological polar surface area (TPSA) is 70.3 Å². The minimum absolute atomic E-state index is 0.0429. The molecule has 1 heterocycles. The fraction of sp³-hybridized carbons (Fsp3) is 0.500. The van der Waals surface area contributed by atoms with Crippen molar-refractivity contribution in [3.63, 3.8) is 0 Å². The van der Waals surface area contributed by atoms with Gasteiger partial charge in [0.25, 0.3) is 0 Å². The van der Waals surface area contributed by atoms with Gasteiger partial charge in [-0.25, -0.2) is 0 Å². The fourth-order valence-electron chi connectivity index (χ4n) is 1.11. The lowest BCUT2D eigenvalue weighted by Gasteiger charge is -2.10. The van der Waals surface area contributed by atoms with Crippen molar-refractivity contribution in [1.82, 2.24) is 9.97 Å². The molecule has 0 aliphatic carbocycles. The highest BCUT2D eigenvalue weighted by Crippen LogP contribution is 2.25. The standard InChI is InChI=1S/C8H12FN3O2/c1-13-6-5(3-4-9)7(14-2)12-8(10)11-6/h3-4H2,1-2H3,(H2,10,11,12). The zero-order chi connectivity index (χ0) is 10.6. The van der Waals surface area contributed by atoms with E-state index in [0.29, 0.717) is 5.56 Å². The van der Waals surface area contributed by atoms with E-state index in [9.17, 15) is 4.39 Å². The summed E-state index contributed by atoms with van der Waals surface area (Å²) in [5, 5.41) is 0. The van der Waals surface area contributed by atoms with Gasteiger partial charge in [-0.1, -0.05) is 0 Å². The summed E-state index contributed by atoms with van der Waals surface area (Å²) in [7, 11) is 2.87. The van der Waals surface area contributed by atoms with Crippen molar-refractivity contribution in [3.05, 3.63) is 5.56 Å². The maximum Gasteiger partial charge on any atom is 0.226 e. The normalized spacial score (nSPS) is 9.93. The van der Waals surface area contributed by atoms with Gasteiger partial charge in [-0.05, 0) is 0 Å². The van der Waals surface area contributed by atoms with Gasteiger partial charge in [-0.2, -0.15) is 9.97 Å². The molecule has 0 saturated heterocycles. The number of alkyl halides is 1. The first kappa shape index (κ1) is 10.5. The Morgan fingerprint density at radius 2 is 1.71 bits per heavy atom. The number of halogens is 1. The molecule has 0 saturated carbocycles. The van der Waals surface area contributed by atoms with Crippen LogP contribution in [0.15, 0.2) is 0 Å². The molecule has 78 valence electrons. The molecule has 0 spiro atoms. The summed E-state index contributed by atoms with van der Waals surface area (Å²) >= 11 is 0. The van der Waals surface area contributed by atoms with Crippen LogP contribution < -0.4 is 15.2 Å². The number of aromatic nitrogens is 2. The van der Waals surface area contributed by atoms with Crippen molar-refractivity contribution in [2.45, 2.75) is 6.42 Å². The van der Waals surface area contributed by atoms with Gasteiger partial charge >= 0.3 is 0 Å². The minimum atomic E-state index is -0.528. The molecule has 14 heavy (non-hydrogen) atoms. The molecule has 1 rings (SSSR count). The van der Waals surface area contributed by atoms with Gasteiger partial charge in [0.05, 0.1) is 26.5 Å². The molecule has 0 unspecified atom stereocenters. The van der Waals surface area contributed by atoms with Crippen LogP contribution in [0, 0.1) is 0 Å². The first-order chi connectivity index (χ1) is 6.72. The molecule has 0 aliphatic rings. The molecule has 0 atom stereocenters. The van der Waals surface area contributed by atoms with E-state index in [1.807, 2.05) is 0 Å². The number of hydrogen-bond acceptors (Lipinski definition) is 5. The average molecular weight is 201 g/mol. The summed E-state index contributed by atoms with van der Waals surface area (Å²) in [6, 6.07) is 0. The third-order valence-corrected chi connectivity index (χ3v) is 1.68. The van der Waals surface area contributed by atoms with E-state index in [1.165, 1.54) is 14.2 Å². The molecule has 1 aromatic rings. The molecule has 1 aromatic heterocycles. The molecule has 0 fully saturated rings. The van der Waals surface area contributed by atoms with E-state index in [1.54, 1.807) is 0 Å². The van der Waals surface area contributed by atoms with Gasteiger partial charge in [-0.15, -0.1) is 0 Å². The maximum atomic E-state index is 12.2. The third kappa shape index (κ3) is 2.01. The number of nitrogen functional groups attached to an aromatic ring is 1. The van der Waals surface area contributed by atoms with Crippen molar-refractivity contribution in [2.75, 3.05) is 26.6 Å². The SMILES string of the molecule is COc1nc(N)nc(OC)c1CCF. The molecular weight excluding hydrogens is 189 g/mol. The van der Waals surface area contributed by atoms with Crippen molar-refractivity contribution in [3.8, 4) is 11.8 Å². The first-order valence-electron chi connectivity index (χ1n) is 4.03. The van der Waals surface area contributed by atoms with Crippen LogP contribution in [0.3, 0.4) is 0 Å². The Morgan fingerprint density at radius 3 is 2.07 bits per heavy atom. The number of ether oxygens (including phenoxy) is 2. The van der Waals surface area contributed by atoms with E-state index in [-0.39, 0.29) is 24.1 Å². The molecule has 6 heteroatoms. The fourth-order valence-corrected chi connectivity index (χ4v) is 1.11. The molecule has 0 radical (unpaired) electrons. The summed E-state index contributed by atoms with van der Waals surface area (Å²) in [6.07, 6.45) is 0.145. The highest BCUT2D eigenvalue weighted by Gasteiger charge is 2.14. The van der Waals surface area contributed by atoms with E-state index in [0.717, 1.165) is 0 Å². The molecule has 0 aromatic carbocycles. The van der Waals surface area contributed by atoms with Crippen LogP contribution in [0.4, 0.5) is 10.3 Å². The van der Waals surface area contributed by atoms with Crippen molar-refractivity contribution >= 4 is 5.95 Å². The summed E-state index contributed by atoms with van der Waals surface area (Å²) < 4.78 is 22.1. The molecule has 0 amide bonds. The first-order valence-corrected chi connectivity index (χ1v) is 4.03. The van der Waals surface area contributed by atoms with Gasteiger partial charge in [0.2, 0.25) is 17.7 Å². The molecular formula is C8H12FN3O2. The highest BCUT2D eigenvalue weighted by molar-refractivity contribution is 5.40. The Bertz CT molecular complexity index is 294. The van der Waals surface area contributed by atoms with E-state index in [4.69, 9.17) is 15.2 Å². The van der Waals surface area contributed by atoms with Gasteiger partial charge in [-0.3, -0.25) is 4.39 Å². The largest absolute Gasteiger partial charge is 0.481 e. The Hall–Kier alpha value is -1.59. The van der Waals surface area contributed by atoms with Gasteiger partial charge in [0.1, 0.15) is 0 Å². The third-order valence-electron chi connectivity index (χ3n) is 1.68. The van der Waals surface area contributed by atoms with Crippen LogP contribution in [0.25, 0.3) is 0 Å². The van der Waals surface area contributed by atoms with Crippen LogP contribution in [-0.2, 0) is 6.42 Å². The number of rotatable bonds is 4. The monoisotopic (exact) mass is 201 g/mol. The van der Waals surface area contributed by atoms with Crippen LogP contribution >= 0.6 is 0 Å². The Kier molecular flexibility index (Phi) is 3.44. The predicted molar refractivity (Wildman–Crippen MR) is 49.2 cm³/mol. The summed E-state index contributed by atoms with van der Waals surface area (Å²) in [6.45, 7) is -0.528. The summed E-state index contributed by atoms with van der Waals surface area (Å²) in [5.74, 6) is 0.556. The summed E-state index contributed by atoms with van der Waals surface area (Å²) in [5.41, 5.74) is 5.89. The van der Waals surface area contributed by atoms with Gasteiger partial charge in [0.15, 0.2) is 0 Å². The lowest BCUT2D eigenvalue weighted by atomic mass is 10.2. The second kappa shape index (κ2) is 4.59. The number of methoxy groups -OCH3 is 2.